The van der Waals surface area contributed by atoms with Gasteiger partial charge in [0.1, 0.15) is 12.2 Å². The van der Waals surface area contributed by atoms with Crippen molar-refractivity contribution in [3.63, 3.8) is 0 Å². The van der Waals surface area contributed by atoms with Crippen LogP contribution in [0.3, 0.4) is 0 Å². The average Bonchev–Trinajstić information content (AvgIpc) is 2.65. The Labute approximate surface area is 158 Å². The molecule has 0 aliphatic rings. The molecule has 4 nitrogen and oxygen atoms in total. The maximum atomic E-state index is 12.8. The van der Waals surface area contributed by atoms with E-state index in [-0.39, 0.29) is 18.6 Å². The summed E-state index contributed by atoms with van der Waals surface area (Å²) in [6.07, 6.45) is -4.01. The fourth-order valence-corrected chi connectivity index (χ4v) is 2.85. The standard InChI is InChI=1S/C21H17F3O4/c1-2-13-6-7-17-15(11-20(26)28-18(17)9-13)12-27-19(25)10-14-4-3-5-16(8-14)21(22,23)24/h3-9,11H,2,10,12H2,1H3. The molecule has 0 bridgehead atoms. The summed E-state index contributed by atoms with van der Waals surface area (Å²) in [5, 5.41) is 0.642. The van der Waals surface area contributed by atoms with Gasteiger partial charge in [-0.1, -0.05) is 37.3 Å². The average molecular weight is 390 g/mol. The van der Waals surface area contributed by atoms with E-state index in [1.54, 1.807) is 12.1 Å². The lowest BCUT2D eigenvalue weighted by Crippen LogP contribution is -2.11. The van der Waals surface area contributed by atoms with Crippen LogP contribution in [0.15, 0.2) is 57.7 Å². The van der Waals surface area contributed by atoms with E-state index in [4.69, 9.17) is 9.15 Å². The number of fused-ring (bicyclic) bond motifs is 1. The van der Waals surface area contributed by atoms with Crippen molar-refractivity contribution in [3.05, 3.63) is 81.2 Å². The van der Waals surface area contributed by atoms with Crippen LogP contribution in [0, 0.1) is 0 Å². The highest BCUT2D eigenvalue weighted by atomic mass is 19.4. The predicted octanol–water partition coefficient (Wildman–Crippen LogP) is 4.66. The van der Waals surface area contributed by atoms with E-state index in [0.717, 1.165) is 24.1 Å². The molecule has 1 heterocycles. The second-order valence-electron chi connectivity index (χ2n) is 6.31. The third-order valence-electron chi connectivity index (χ3n) is 4.29. The number of carbonyl (C=O) groups excluding carboxylic acids is 1. The number of benzene rings is 2. The molecular formula is C21H17F3O4. The molecule has 0 atom stereocenters. The highest BCUT2D eigenvalue weighted by molar-refractivity contribution is 5.81. The number of aryl methyl sites for hydroxylation is 1. The Bertz CT molecular complexity index is 1070. The number of alkyl halides is 3. The summed E-state index contributed by atoms with van der Waals surface area (Å²) in [6, 6.07) is 11.2. The molecule has 0 fully saturated rings. The van der Waals surface area contributed by atoms with Crippen LogP contribution in [0.2, 0.25) is 0 Å². The molecule has 0 saturated carbocycles. The molecule has 0 aliphatic heterocycles. The lowest BCUT2D eigenvalue weighted by Gasteiger charge is -2.10. The van der Waals surface area contributed by atoms with Crippen molar-refractivity contribution in [2.24, 2.45) is 0 Å². The smallest absolute Gasteiger partial charge is 0.416 e. The first-order chi connectivity index (χ1) is 13.3. The first-order valence-corrected chi connectivity index (χ1v) is 8.63. The van der Waals surface area contributed by atoms with Crippen LogP contribution in [-0.4, -0.2) is 5.97 Å². The van der Waals surface area contributed by atoms with Crippen LogP contribution in [0.5, 0.6) is 0 Å². The van der Waals surface area contributed by atoms with Gasteiger partial charge in [0.2, 0.25) is 0 Å². The lowest BCUT2D eigenvalue weighted by molar-refractivity contribution is -0.144. The SMILES string of the molecule is CCc1ccc2c(COC(=O)Cc3cccc(C(F)(F)F)c3)cc(=O)oc2c1. The van der Waals surface area contributed by atoms with Gasteiger partial charge >= 0.3 is 17.8 Å². The maximum Gasteiger partial charge on any atom is 0.416 e. The minimum atomic E-state index is -4.48. The van der Waals surface area contributed by atoms with Crippen LogP contribution in [-0.2, 0) is 35.2 Å². The van der Waals surface area contributed by atoms with E-state index in [9.17, 15) is 22.8 Å². The van der Waals surface area contributed by atoms with Gasteiger partial charge in [0, 0.05) is 17.0 Å². The molecule has 1 aromatic heterocycles. The predicted molar refractivity (Wildman–Crippen MR) is 96.8 cm³/mol. The molecule has 0 unspecified atom stereocenters. The largest absolute Gasteiger partial charge is 0.461 e. The zero-order valence-corrected chi connectivity index (χ0v) is 15.0. The fraction of sp³-hybridized carbons (Fsp3) is 0.238. The van der Waals surface area contributed by atoms with Gasteiger partial charge in [-0.3, -0.25) is 4.79 Å². The normalized spacial score (nSPS) is 11.6. The van der Waals surface area contributed by atoms with Crippen LogP contribution in [0.1, 0.15) is 29.2 Å². The van der Waals surface area contributed by atoms with E-state index in [0.29, 0.717) is 16.5 Å². The second-order valence-corrected chi connectivity index (χ2v) is 6.31. The van der Waals surface area contributed by atoms with E-state index in [1.807, 2.05) is 13.0 Å². The van der Waals surface area contributed by atoms with Crippen LogP contribution < -0.4 is 5.63 Å². The van der Waals surface area contributed by atoms with Gasteiger partial charge < -0.3 is 9.15 Å². The molecule has 2 aromatic carbocycles. The zero-order valence-electron chi connectivity index (χ0n) is 15.0. The van der Waals surface area contributed by atoms with Gasteiger partial charge in [-0.15, -0.1) is 0 Å². The van der Waals surface area contributed by atoms with Crippen molar-refractivity contribution in [3.8, 4) is 0 Å². The summed E-state index contributed by atoms with van der Waals surface area (Å²) in [4.78, 5) is 23.8. The van der Waals surface area contributed by atoms with E-state index in [1.165, 1.54) is 18.2 Å². The fourth-order valence-electron chi connectivity index (χ4n) is 2.85. The third-order valence-corrected chi connectivity index (χ3v) is 4.29. The number of hydrogen-bond donors (Lipinski definition) is 0. The summed E-state index contributed by atoms with van der Waals surface area (Å²) >= 11 is 0. The lowest BCUT2D eigenvalue weighted by atomic mass is 10.1. The van der Waals surface area contributed by atoms with Gasteiger partial charge in [0.05, 0.1) is 12.0 Å². The number of hydrogen-bond acceptors (Lipinski definition) is 4. The summed E-state index contributed by atoms with van der Waals surface area (Å²) < 4.78 is 48.6. The minimum absolute atomic E-state index is 0.175. The summed E-state index contributed by atoms with van der Waals surface area (Å²) in [7, 11) is 0. The monoisotopic (exact) mass is 390 g/mol. The van der Waals surface area contributed by atoms with Crippen LogP contribution in [0.4, 0.5) is 13.2 Å². The molecular weight excluding hydrogens is 373 g/mol. The Morgan fingerprint density at radius 2 is 1.86 bits per heavy atom. The summed E-state index contributed by atoms with van der Waals surface area (Å²) in [6.45, 7) is 1.80. The van der Waals surface area contributed by atoms with E-state index < -0.39 is 23.3 Å². The molecule has 0 aliphatic carbocycles. The Balaban J connectivity index is 1.74. The van der Waals surface area contributed by atoms with Crippen molar-refractivity contribution < 1.29 is 27.1 Å². The number of rotatable bonds is 5. The van der Waals surface area contributed by atoms with Crippen molar-refractivity contribution in [2.75, 3.05) is 0 Å². The topological polar surface area (TPSA) is 56.5 Å². The minimum Gasteiger partial charge on any atom is -0.461 e. The number of ether oxygens (including phenoxy) is 1. The molecule has 28 heavy (non-hydrogen) atoms. The summed E-state index contributed by atoms with van der Waals surface area (Å²) in [5.41, 5.74) is 0.683. The molecule has 0 N–H and O–H groups in total. The quantitative estimate of drug-likeness (QED) is 0.470. The number of halogens is 3. The van der Waals surface area contributed by atoms with Gasteiger partial charge in [0.15, 0.2) is 0 Å². The molecule has 0 amide bonds. The number of esters is 1. The molecule has 3 aromatic rings. The van der Waals surface area contributed by atoms with Gasteiger partial charge in [-0.25, -0.2) is 4.79 Å². The highest BCUT2D eigenvalue weighted by Gasteiger charge is 2.30. The molecule has 0 spiro atoms. The van der Waals surface area contributed by atoms with Crippen molar-refractivity contribution in [2.45, 2.75) is 32.5 Å². The maximum absolute atomic E-state index is 12.8. The van der Waals surface area contributed by atoms with Crippen molar-refractivity contribution >= 4 is 16.9 Å². The molecule has 146 valence electrons. The van der Waals surface area contributed by atoms with Crippen LogP contribution in [0.25, 0.3) is 11.0 Å². The van der Waals surface area contributed by atoms with Crippen molar-refractivity contribution in [1.82, 2.24) is 0 Å². The zero-order chi connectivity index (χ0) is 20.3. The summed E-state index contributed by atoms with van der Waals surface area (Å²) in [5.74, 6) is -0.689. The Morgan fingerprint density at radius 3 is 2.57 bits per heavy atom. The first kappa shape index (κ1) is 19.7. The second kappa shape index (κ2) is 7.88. The first-order valence-electron chi connectivity index (χ1n) is 8.63. The van der Waals surface area contributed by atoms with Gasteiger partial charge in [0.25, 0.3) is 0 Å². The molecule has 7 heteroatoms. The van der Waals surface area contributed by atoms with Gasteiger partial charge in [-0.05, 0) is 29.7 Å². The van der Waals surface area contributed by atoms with Crippen molar-refractivity contribution in [1.29, 1.82) is 0 Å². The molecule has 0 radical (unpaired) electrons. The highest BCUT2D eigenvalue weighted by Crippen LogP contribution is 2.29. The Hall–Kier alpha value is -3.09. The Kier molecular flexibility index (Phi) is 5.53. The Morgan fingerprint density at radius 1 is 1.07 bits per heavy atom. The van der Waals surface area contributed by atoms with E-state index >= 15 is 0 Å². The van der Waals surface area contributed by atoms with Gasteiger partial charge in [-0.2, -0.15) is 13.2 Å². The number of carbonyl (C=O) groups is 1. The van der Waals surface area contributed by atoms with Crippen LogP contribution >= 0.6 is 0 Å². The van der Waals surface area contributed by atoms with E-state index in [2.05, 4.69) is 0 Å². The third kappa shape index (κ3) is 4.60. The molecule has 0 saturated heterocycles. The molecule has 3 rings (SSSR count).